The third-order valence-electron chi connectivity index (χ3n) is 0.409. The number of nitrogens with zero attached hydrogens (tertiary/aromatic N) is 3. The Morgan fingerprint density at radius 2 is 1.50 bits per heavy atom. The first-order valence-corrected chi connectivity index (χ1v) is 1.58. The maximum Gasteiger partial charge on any atom is 0.0529 e. The van der Waals surface area contributed by atoms with E-state index in [1.165, 1.54) is 0 Å². The predicted octanol–water partition coefficient (Wildman–Crippen LogP) is 0.352. The molecule has 1 rings (SSSR count). The Balaban J connectivity index is 0. The molecule has 0 unspecified atom stereocenters. The van der Waals surface area contributed by atoms with E-state index >= 15 is 0 Å². The van der Waals surface area contributed by atoms with Crippen LogP contribution in [0.3, 0.4) is 0 Å². The van der Waals surface area contributed by atoms with Gasteiger partial charge in [-0.25, -0.2) is 0 Å². The maximum atomic E-state index is 3.42. The molecular formula is C3H3BN3P. The summed E-state index contributed by atoms with van der Waals surface area (Å²) in [6, 6.07) is 1.72. The summed E-state index contributed by atoms with van der Waals surface area (Å²) < 4.78 is 0. The normalized spacial score (nSPS) is 6.00. The van der Waals surface area contributed by atoms with Crippen molar-refractivity contribution in [3.05, 3.63) is 18.5 Å². The summed E-state index contributed by atoms with van der Waals surface area (Å²) in [6.45, 7) is 0. The molecule has 1 aromatic rings. The minimum absolute atomic E-state index is 0. The quantitative estimate of drug-likeness (QED) is 0.369. The Hall–Kier alpha value is -0.495. The maximum absolute atomic E-state index is 3.42. The molecule has 0 aromatic carbocycles. The zero-order valence-corrected chi connectivity index (χ0v) is 4.99. The molecule has 0 bridgehead atoms. The molecule has 0 spiro atoms. The lowest BCUT2D eigenvalue weighted by molar-refractivity contribution is 0.865. The van der Waals surface area contributed by atoms with E-state index in [0.29, 0.717) is 0 Å². The summed E-state index contributed by atoms with van der Waals surface area (Å²) in [5.41, 5.74) is 0. The molecule has 6 radical (unpaired) electrons. The largest absolute Gasteiger partial charge is 0.139 e. The van der Waals surface area contributed by atoms with Gasteiger partial charge in [0.1, 0.15) is 0 Å². The average Bonchev–Trinajstić information content (AvgIpc) is 1.72. The number of hydrogen-bond donors (Lipinski definition) is 0. The zero-order chi connectivity index (χ0) is 4.24. The van der Waals surface area contributed by atoms with Crippen LogP contribution in [-0.4, -0.2) is 23.8 Å². The second-order valence-electron chi connectivity index (χ2n) is 0.811. The fourth-order valence-electron chi connectivity index (χ4n) is 0.205. The van der Waals surface area contributed by atoms with Gasteiger partial charge in [0.15, 0.2) is 0 Å². The molecule has 8 heavy (non-hydrogen) atoms. The van der Waals surface area contributed by atoms with Crippen molar-refractivity contribution in [2.24, 2.45) is 0 Å². The monoisotopic (exact) mass is 123 g/mol. The van der Waals surface area contributed by atoms with Crippen molar-refractivity contribution >= 4 is 18.3 Å². The van der Waals surface area contributed by atoms with Crippen molar-refractivity contribution in [2.75, 3.05) is 0 Å². The Kier molecular flexibility index (Phi) is 8.52. The van der Waals surface area contributed by atoms with E-state index in [4.69, 9.17) is 0 Å². The van der Waals surface area contributed by atoms with Crippen LogP contribution in [0.15, 0.2) is 18.5 Å². The van der Waals surface area contributed by atoms with E-state index in [-0.39, 0.29) is 18.3 Å². The summed E-state index contributed by atoms with van der Waals surface area (Å²) in [7, 11) is 0. The van der Waals surface area contributed by atoms with Crippen molar-refractivity contribution in [2.45, 2.75) is 0 Å². The summed E-state index contributed by atoms with van der Waals surface area (Å²) >= 11 is 0. The minimum Gasteiger partial charge on any atom is -0.139 e. The van der Waals surface area contributed by atoms with Gasteiger partial charge in [0.25, 0.3) is 0 Å². The van der Waals surface area contributed by atoms with Gasteiger partial charge in [-0.1, -0.05) is 0 Å². The topological polar surface area (TPSA) is 38.7 Å². The fourth-order valence-corrected chi connectivity index (χ4v) is 0.205. The average molecular weight is 123 g/mol. The van der Waals surface area contributed by atoms with Gasteiger partial charge in [-0.3, -0.25) is 0 Å². The zero-order valence-electron chi connectivity index (χ0n) is 4.10. The van der Waals surface area contributed by atoms with Gasteiger partial charge in [-0.2, -0.15) is 0 Å². The van der Waals surface area contributed by atoms with Crippen molar-refractivity contribution in [1.29, 1.82) is 0 Å². The highest BCUT2D eigenvalue weighted by Gasteiger charge is 1.60. The molecule has 0 aliphatic rings. The van der Waals surface area contributed by atoms with Gasteiger partial charge in [0, 0.05) is 18.3 Å². The molecule has 1 heterocycles. The summed E-state index contributed by atoms with van der Waals surface area (Å²) in [4.78, 5) is 0. The Labute approximate surface area is 53.1 Å². The van der Waals surface area contributed by atoms with Crippen molar-refractivity contribution in [3.8, 4) is 0 Å². The molecule has 0 fully saturated rings. The summed E-state index contributed by atoms with van der Waals surface area (Å²) in [5.74, 6) is 0. The van der Waals surface area contributed by atoms with Crippen molar-refractivity contribution in [1.82, 2.24) is 15.4 Å². The molecule has 0 N–H and O–H groups in total. The fraction of sp³-hybridized carbons (Fsp3) is 0. The molecule has 38 valence electrons. The Morgan fingerprint density at radius 3 is 1.62 bits per heavy atom. The lowest BCUT2D eigenvalue weighted by atomic mass is 10.7. The second-order valence-corrected chi connectivity index (χ2v) is 0.811. The standard InChI is InChI=1S/C3H3N3.B.P/c1-2-4-6-5-3-1;;/h1-3H;;. The van der Waals surface area contributed by atoms with E-state index in [1.54, 1.807) is 18.5 Å². The molecule has 0 aliphatic heterocycles. The minimum atomic E-state index is 0. The van der Waals surface area contributed by atoms with Gasteiger partial charge in [-0.15, -0.1) is 10.2 Å². The van der Waals surface area contributed by atoms with Crippen molar-refractivity contribution in [3.63, 3.8) is 0 Å². The van der Waals surface area contributed by atoms with Crippen molar-refractivity contribution < 1.29 is 0 Å². The highest BCUT2D eigenvalue weighted by atomic mass is 31.0. The number of rotatable bonds is 0. The first kappa shape index (κ1) is 10.5. The molecular weight excluding hydrogens is 120 g/mol. The van der Waals surface area contributed by atoms with Gasteiger partial charge in [-0.05, 0) is 11.3 Å². The molecule has 0 saturated carbocycles. The molecule has 0 saturated heterocycles. The van der Waals surface area contributed by atoms with Crippen LogP contribution >= 0.6 is 9.90 Å². The highest BCUT2D eigenvalue weighted by molar-refractivity contribution is 6.92. The van der Waals surface area contributed by atoms with Crippen LogP contribution in [0.1, 0.15) is 0 Å². The van der Waals surface area contributed by atoms with Crippen LogP contribution in [0, 0.1) is 0 Å². The summed E-state index contributed by atoms with van der Waals surface area (Å²) in [5, 5.41) is 10.1. The van der Waals surface area contributed by atoms with Gasteiger partial charge < -0.3 is 0 Å². The lowest BCUT2D eigenvalue weighted by Crippen LogP contribution is -1.78. The molecule has 0 atom stereocenters. The third kappa shape index (κ3) is 3.69. The number of aromatic nitrogens is 3. The highest BCUT2D eigenvalue weighted by Crippen LogP contribution is 1.61. The first-order chi connectivity index (χ1) is 3.00. The molecule has 5 heteroatoms. The predicted molar refractivity (Wildman–Crippen MR) is 32.5 cm³/mol. The lowest BCUT2D eigenvalue weighted by Gasteiger charge is -1.68. The third-order valence-corrected chi connectivity index (χ3v) is 0.409. The van der Waals surface area contributed by atoms with E-state index < -0.39 is 0 Å². The van der Waals surface area contributed by atoms with Gasteiger partial charge >= 0.3 is 0 Å². The van der Waals surface area contributed by atoms with Crippen LogP contribution in [-0.2, 0) is 0 Å². The van der Waals surface area contributed by atoms with Crippen LogP contribution in [0.25, 0.3) is 0 Å². The molecule has 3 nitrogen and oxygen atoms in total. The van der Waals surface area contributed by atoms with E-state index in [2.05, 4.69) is 15.4 Å². The van der Waals surface area contributed by atoms with Gasteiger partial charge in [0.05, 0.1) is 12.4 Å². The van der Waals surface area contributed by atoms with Crippen LogP contribution in [0.4, 0.5) is 0 Å². The molecule has 0 amide bonds. The van der Waals surface area contributed by atoms with Gasteiger partial charge in [0.2, 0.25) is 0 Å². The van der Waals surface area contributed by atoms with Crippen LogP contribution in [0.2, 0.25) is 0 Å². The Bertz CT molecular complexity index is 86.5. The van der Waals surface area contributed by atoms with E-state index in [1.807, 2.05) is 0 Å². The van der Waals surface area contributed by atoms with Crippen LogP contribution < -0.4 is 0 Å². The van der Waals surface area contributed by atoms with E-state index in [9.17, 15) is 0 Å². The smallest absolute Gasteiger partial charge is 0.0529 e. The van der Waals surface area contributed by atoms with Crippen LogP contribution in [0.5, 0.6) is 0 Å². The molecule has 1 aromatic heterocycles. The second kappa shape index (κ2) is 6.50. The SMILES string of the molecule is [B].[P].c1cnnnc1. The summed E-state index contributed by atoms with van der Waals surface area (Å²) in [6.07, 6.45) is 3.15. The first-order valence-electron chi connectivity index (χ1n) is 1.58. The van der Waals surface area contributed by atoms with E-state index in [0.717, 1.165) is 0 Å². The number of hydrogen-bond acceptors (Lipinski definition) is 3. The molecule has 0 aliphatic carbocycles. The Morgan fingerprint density at radius 1 is 1.00 bits per heavy atom.